The van der Waals surface area contributed by atoms with Gasteiger partial charge in [0.15, 0.2) is 0 Å². The Hall–Kier alpha value is -2.19. The summed E-state index contributed by atoms with van der Waals surface area (Å²) in [6.07, 6.45) is 2.39. The first-order valence-corrected chi connectivity index (χ1v) is 10.0. The van der Waals surface area contributed by atoms with Crippen LogP contribution in [0.3, 0.4) is 0 Å². The van der Waals surface area contributed by atoms with Gasteiger partial charge in [0.05, 0.1) is 0 Å². The van der Waals surface area contributed by atoms with Crippen molar-refractivity contribution in [1.82, 2.24) is 20.4 Å². The number of carbonyl (C=O) groups excluding carboxylic acids is 1. The number of aromatic nitrogens is 2. The van der Waals surface area contributed by atoms with Gasteiger partial charge in [-0.3, -0.25) is 10.2 Å². The molecule has 1 saturated carbocycles. The van der Waals surface area contributed by atoms with Crippen LogP contribution in [0, 0.1) is 0 Å². The number of urea groups is 1. The highest BCUT2D eigenvalue weighted by atomic mass is 32.1. The van der Waals surface area contributed by atoms with Crippen LogP contribution in [0.15, 0.2) is 30.3 Å². The molecule has 2 aliphatic rings. The van der Waals surface area contributed by atoms with Gasteiger partial charge in [-0.2, -0.15) is 0 Å². The first-order valence-electron chi connectivity index (χ1n) is 9.18. The molecule has 0 spiro atoms. The summed E-state index contributed by atoms with van der Waals surface area (Å²) in [6.45, 7) is 5.56. The summed E-state index contributed by atoms with van der Waals surface area (Å²) in [7, 11) is 0. The molecule has 8 heteroatoms. The fourth-order valence-corrected chi connectivity index (χ4v) is 4.03. The van der Waals surface area contributed by atoms with Crippen molar-refractivity contribution in [1.29, 1.82) is 0 Å². The van der Waals surface area contributed by atoms with Crippen LogP contribution in [0.4, 0.5) is 15.6 Å². The molecule has 7 nitrogen and oxygen atoms in total. The molecule has 2 heterocycles. The van der Waals surface area contributed by atoms with E-state index in [-0.39, 0.29) is 6.03 Å². The Labute approximate surface area is 157 Å². The molecule has 2 N–H and O–H groups in total. The van der Waals surface area contributed by atoms with Gasteiger partial charge in [0.25, 0.3) is 0 Å². The Kier molecular flexibility index (Phi) is 5.31. The van der Waals surface area contributed by atoms with Crippen molar-refractivity contribution < 1.29 is 4.79 Å². The van der Waals surface area contributed by atoms with Crippen LogP contribution in [-0.4, -0.2) is 60.4 Å². The van der Waals surface area contributed by atoms with Crippen molar-refractivity contribution in [2.24, 2.45) is 0 Å². The number of hydrogen-bond donors (Lipinski definition) is 2. The number of hydrogen-bond acceptors (Lipinski definition) is 6. The summed E-state index contributed by atoms with van der Waals surface area (Å²) < 4.78 is 0. The average Bonchev–Trinajstić information content (AvgIpc) is 3.43. The summed E-state index contributed by atoms with van der Waals surface area (Å²) in [4.78, 5) is 16.8. The predicted molar refractivity (Wildman–Crippen MR) is 104 cm³/mol. The van der Waals surface area contributed by atoms with Gasteiger partial charge >= 0.3 is 6.03 Å². The molecule has 2 fully saturated rings. The number of carbonyl (C=O) groups is 1. The van der Waals surface area contributed by atoms with E-state index in [1.807, 2.05) is 6.07 Å². The minimum absolute atomic E-state index is 0.202. The van der Waals surface area contributed by atoms with Crippen LogP contribution < -0.4 is 15.5 Å². The zero-order chi connectivity index (χ0) is 17.8. The Bertz CT molecular complexity index is 724. The predicted octanol–water partition coefficient (Wildman–Crippen LogP) is 2.36. The number of nitrogens with zero attached hydrogens (tertiary/aromatic N) is 4. The molecule has 138 valence electrons. The topological polar surface area (TPSA) is 73.4 Å². The highest BCUT2D eigenvalue weighted by Gasteiger charge is 2.27. The Morgan fingerprint density at radius 3 is 2.62 bits per heavy atom. The third kappa shape index (κ3) is 4.50. The standard InChI is InChI=1S/C18H24N6OS/c25-17(20-18-22-21-16(26-18)14-6-7-14)19-8-9-23-10-12-24(13-11-23)15-4-2-1-3-5-15/h1-5,14H,6-13H2,(H2,19,20,22,25). The van der Waals surface area contributed by atoms with Crippen molar-refractivity contribution in [3.63, 3.8) is 0 Å². The van der Waals surface area contributed by atoms with Crippen molar-refractivity contribution in [3.8, 4) is 0 Å². The molecule has 1 aliphatic heterocycles. The average molecular weight is 372 g/mol. The first-order chi connectivity index (χ1) is 12.8. The molecule has 26 heavy (non-hydrogen) atoms. The SMILES string of the molecule is O=C(NCCN1CCN(c2ccccc2)CC1)Nc1nnc(C2CC2)s1. The van der Waals surface area contributed by atoms with E-state index >= 15 is 0 Å². The lowest BCUT2D eigenvalue weighted by Crippen LogP contribution is -2.48. The molecule has 0 radical (unpaired) electrons. The molecular formula is C18H24N6OS. The van der Waals surface area contributed by atoms with E-state index in [1.54, 1.807) is 0 Å². The second-order valence-electron chi connectivity index (χ2n) is 6.76. The van der Waals surface area contributed by atoms with Crippen LogP contribution in [0.1, 0.15) is 23.8 Å². The molecule has 0 bridgehead atoms. The van der Waals surface area contributed by atoms with Gasteiger partial charge in [-0.1, -0.05) is 29.5 Å². The van der Waals surface area contributed by atoms with Crippen molar-refractivity contribution in [3.05, 3.63) is 35.3 Å². The van der Waals surface area contributed by atoms with Gasteiger partial charge in [-0.15, -0.1) is 10.2 Å². The van der Waals surface area contributed by atoms with E-state index in [0.29, 0.717) is 17.6 Å². The molecule has 4 rings (SSSR count). The van der Waals surface area contributed by atoms with Crippen molar-refractivity contribution >= 4 is 28.2 Å². The summed E-state index contributed by atoms with van der Waals surface area (Å²) in [5.41, 5.74) is 1.28. The van der Waals surface area contributed by atoms with E-state index in [1.165, 1.54) is 29.9 Å². The van der Waals surface area contributed by atoms with Gasteiger partial charge in [0.2, 0.25) is 5.13 Å². The van der Waals surface area contributed by atoms with Crippen molar-refractivity contribution in [2.75, 3.05) is 49.5 Å². The second-order valence-corrected chi connectivity index (χ2v) is 7.77. The monoisotopic (exact) mass is 372 g/mol. The zero-order valence-corrected chi connectivity index (χ0v) is 15.5. The maximum Gasteiger partial charge on any atom is 0.321 e. The highest BCUT2D eigenvalue weighted by molar-refractivity contribution is 7.15. The number of para-hydroxylation sites is 1. The Balaban J connectivity index is 1.14. The van der Waals surface area contributed by atoms with Crippen LogP contribution in [-0.2, 0) is 0 Å². The molecule has 2 amide bonds. The Morgan fingerprint density at radius 2 is 1.88 bits per heavy atom. The minimum Gasteiger partial charge on any atom is -0.369 e. The fourth-order valence-electron chi connectivity index (χ4n) is 3.12. The lowest BCUT2D eigenvalue weighted by molar-refractivity contribution is 0.240. The molecule has 2 aromatic rings. The van der Waals surface area contributed by atoms with Gasteiger partial charge < -0.3 is 10.2 Å². The molecule has 1 aromatic carbocycles. The van der Waals surface area contributed by atoms with E-state index in [9.17, 15) is 4.79 Å². The lowest BCUT2D eigenvalue weighted by atomic mass is 10.2. The van der Waals surface area contributed by atoms with Gasteiger partial charge in [-0.05, 0) is 25.0 Å². The third-order valence-corrected chi connectivity index (χ3v) is 5.80. The Morgan fingerprint density at radius 1 is 1.12 bits per heavy atom. The summed E-state index contributed by atoms with van der Waals surface area (Å²) in [5, 5.41) is 15.5. The number of anilines is 2. The first kappa shape index (κ1) is 17.2. The summed E-state index contributed by atoms with van der Waals surface area (Å²) in [5.74, 6) is 0.570. The quantitative estimate of drug-likeness (QED) is 0.814. The molecular weight excluding hydrogens is 348 g/mol. The van der Waals surface area contributed by atoms with Gasteiger partial charge in [0.1, 0.15) is 5.01 Å². The second kappa shape index (κ2) is 8.01. The number of nitrogens with one attached hydrogen (secondary N) is 2. The molecule has 0 atom stereocenters. The van der Waals surface area contributed by atoms with Crippen LogP contribution >= 0.6 is 11.3 Å². The normalized spacial score (nSPS) is 17.9. The van der Waals surface area contributed by atoms with E-state index in [0.717, 1.165) is 37.7 Å². The molecule has 1 aromatic heterocycles. The van der Waals surface area contributed by atoms with E-state index < -0.39 is 0 Å². The number of amides is 2. The largest absolute Gasteiger partial charge is 0.369 e. The third-order valence-electron chi connectivity index (χ3n) is 4.79. The fraction of sp³-hybridized carbons (Fsp3) is 0.500. The highest BCUT2D eigenvalue weighted by Crippen LogP contribution is 2.41. The smallest absolute Gasteiger partial charge is 0.321 e. The van der Waals surface area contributed by atoms with Crippen LogP contribution in [0.5, 0.6) is 0 Å². The van der Waals surface area contributed by atoms with E-state index in [2.05, 4.69) is 54.9 Å². The van der Waals surface area contributed by atoms with E-state index in [4.69, 9.17) is 0 Å². The number of rotatable bonds is 6. The van der Waals surface area contributed by atoms with Crippen LogP contribution in [0.2, 0.25) is 0 Å². The minimum atomic E-state index is -0.202. The maximum atomic E-state index is 12.0. The lowest BCUT2D eigenvalue weighted by Gasteiger charge is -2.36. The summed E-state index contributed by atoms with van der Waals surface area (Å²) >= 11 is 1.48. The van der Waals surface area contributed by atoms with Gasteiger partial charge in [-0.25, -0.2) is 4.79 Å². The zero-order valence-electron chi connectivity index (χ0n) is 14.7. The number of piperazine rings is 1. The molecule has 1 aliphatic carbocycles. The van der Waals surface area contributed by atoms with Crippen LogP contribution in [0.25, 0.3) is 0 Å². The molecule has 1 saturated heterocycles. The van der Waals surface area contributed by atoms with Crippen molar-refractivity contribution in [2.45, 2.75) is 18.8 Å². The molecule has 0 unspecified atom stereocenters. The maximum absolute atomic E-state index is 12.0. The summed E-state index contributed by atoms with van der Waals surface area (Å²) in [6, 6.07) is 10.3. The van der Waals surface area contributed by atoms with Gasteiger partial charge in [0, 0.05) is 50.9 Å². The number of benzene rings is 1.